The van der Waals surface area contributed by atoms with Crippen molar-refractivity contribution < 1.29 is 14.4 Å². The van der Waals surface area contributed by atoms with Crippen LogP contribution in [0.2, 0.25) is 0 Å². The molecule has 3 N–H and O–H groups in total. The van der Waals surface area contributed by atoms with Crippen molar-refractivity contribution in [2.45, 2.75) is 71.4 Å². The number of carbonyl (C=O) groups excluding carboxylic acids is 3. The second-order valence-electron chi connectivity index (χ2n) is 11.8. The first-order valence-corrected chi connectivity index (χ1v) is 15.2. The van der Waals surface area contributed by atoms with E-state index in [1.165, 1.54) is 0 Å². The van der Waals surface area contributed by atoms with Crippen LogP contribution in [0.25, 0.3) is 10.2 Å². The molecule has 4 amide bonds. The van der Waals surface area contributed by atoms with Crippen molar-refractivity contribution in [2.24, 2.45) is 17.6 Å². The van der Waals surface area contributed by atoms with Crippen LogP contribution in [0, 0.1) is 30.1 Å². The molecule has 3 aromatic rings. The van der Waals surface area contributed by atoms with Gasteiger partial charge >= 0.3 is 6.03 Å². The fourth-order valence-electron chi connectivity index (χ4n) is 6.12. The first kappa shape index (κ1) is 27.8. The lowest BCUT2D eigenvalue weighted by Gasteiger charge is -2.41. The van der Waals surface area contributed by atoms with Crippen molar-refractivity contribution in [1.29, 1.82) is 5.26 Å². The molecule has 11 heteroatoms. The molecule has 216 valence electrons. The van der Waals surface area contributed by atoms with Gasteiger partial charge in [-0.15, -0.1) is 11.3 Å². The van der Waals surface area contributed by atoms with Gasteiger partial charge in [-0.1, -0.05) is 19.9 Å². The molecule has 0 unspecified atom stereocenters. The molecular weight excluding hydrogens is 550 g/mol. The molecule has 0 bridgehead atoms. The number of nitrogens with two attached hydrogens (primary N) is 1. The maximum Gasteiger partial charge on any atom is 0.334 e. The van der Waals surface area contributed by atoms with Crippen LogP contribution in [-0.4, -0.2) is 39.9 Å². The highest BCUT2D eigenvalue weighted by molar-refractivity contribution is 7.21. The lowest BCUT2D eigenvalue weighted by molar-refractivity contribution is -0.117. The lowest BCUT2D eigenvalue weighted by atomic mass is 10.0. The zero-order valence-electron chi connectivity index (χ0n) is 23.9. The highest BCUT2D eigenvalue weighted by atomic mass is 32.1. The first-order valence-electron chi connectivity index (χ1n) is 14.4. The molecule has 2 saturated carbocycles. The predicted molar refractivity (Wildman–Crippen MR) is 162 cm³/mol. The third kappa shape index (κ3) is 4.90. The Morgan fingerprint density at radius 3 is 2.69 bits per heavy atom. The Labute approximate surface area is 248 Å². The summed E-state index contributed by atoms with van der Waals surface area (Å²) >= 11 is 1.16. The number of allylic oxidation sites excluding steroid dienone is 1. The number of aromatic nitrogens is 2. The number of nitrogens with one attached hydrogen (secondary N) is 1. The number of pyridine rings is 2. The molecule has 0 spiro atoms. The second kappa shape index (κ2) is 10.8. The van der Waals surface area contributed by atoms with Crippen molar-refractivity contribution >= 4 is 56.5 Å². The van der Waals surface area contributed by atoms with E-state index in [2.05, 4.69) is 29.1 Å². The number of nitrogens with zero attached hydrogens (tertiary/aromatic N) is 5. The number of nitriles is 1. The van der Waals surface area contributed by atoms with E-state index in [0.29, 0.717) is 46.0 Å². The molecule has 2 fully saturated rings. The third-order valence-electron chi connectivity index (χ3n) is 8.16. The van der Waals surface area contributed by atoms with Gasteiger partial charge in [0, 0.05) is 11.9 Å². The van der Waals surface area contributed by atoms with E-state index in [4.69, 9.17) is 5.73 Å². The third-order valence-corrected chi connectivity index (χ3v) is 9.26. The molecule has 3 aromatic heterocycles. The Kier molecular flexibility index (Phi) is 7.19. The van der Waals surface area contributed by atoms with E-state index in [1.54, 1.807) is 34.3 Å². The topological polar surface area (TPSA) is 145 Å². The molecule has 0 saturated heterocycles. The Morgan fingerprint density at radius 1 is 1.24 bits per heavy atom. The number of anilines is 3. The summed E-state index contributed by atoms with van der Waals surface area (Å²) in [5, 5.41) is 13.3. The molecule has 0 aromatic carbocycles. The maximum absolute atomic E-state index is 14.7. The predicted octanol–water partition coefficient (Wildman–Crippen LogP) is 5.27. The number of urea groups is 1. The number of hydrogen-bond donors (Lipinski definition) is 2. The quantitative estimate of drug-likeness (QED) is 0.273. The van der Waals surface area contributed by atoms with Gasteiger partial charge in [0.15, 0.2) is 0 Å². The van der Waals surface area contributed by atoms with Crippen molar-refractivity contribution in [3.8, 4) is 6.07 Å². The smallest absolute Gasteiger partial charge is 0.334 e. The molecule has 10 nitrogen and oxygen atoms in total. The first-order chi connectivity index (χ1) is 20.2. The van der Waals surface area contributed by atoms with E-state index < -0.39 is 23.9 Å². The molecule has 2 atom stereocenters. The van der Waals surface area contributed by atoms with Crippen LogP contribution in [-0.2, 0) is 11.2 Å². The Hall–Kier alpha value is -4.30. The van der Waals surface area contributed by atoms with E-state index in [-0.39, 0.29) is 22.4 Å². The van der Waals surface area contributed by atoms with E-state index in [0.717, 1.165) is 48.3 Å². The molecular formula is C31H33N7O3S. The minimum Gasteiger partial charge on any atom is -0.365 e. The summed E-state index contributed by atoms with van der Waals surface area (Å²) in [5.74, 6) is -0.368. The summed E-state index contributed by atoms with van der Waals surface area (Å²) in [7, 11) is 0. The molecule has 0 radical (unpaired) electrons. The van der Waals surface area contributed by atoms with Crippen LogP contribution in [0.1, 0.15) is 66.9 Å². The number of thiophene rings is 1. The molecule has 6 rings (SSSR count). The Bertz CT molecular complexity index is 1680. The average Bonchev–Trinajstić information content (AvgIpc) is 3.52. The SMILES string of the molecule is Cc1cc(CC(C)C)ncc1N1C(=O)N([C@@H]2CCC[C@@H]2NC(=O)/C(C#N)=C/C2CC2)c2c(C(N)=O)sc3nccc1c23. The fraction of sp³-hybridized carbons (Fsp3) is 0.419. The standard InChI is InChI=1S/C31H33N7O3S/c1-16(2)11-20-12-17(3)24(15-35-20)37-23-9-10-34-30-25(23)26(27(42-30)28(33)39)38(31(37)41)22-6-4-5-21(22)36-29(40)19(14-32)13-18-7-8-18/h9-10,12-13,15-16,18,21-22H,4-8,11H2,1-3H3,(H2,33,39)(H,36,40)/b19-13+/t21-,22+/m0/s1. The van der Waals surface area contributed by atoms with Crippen LogP contribution >= 0.6 is 11.3 Å². The monoisotopic (exact) mass is 583 g/mol. The molecule has 3 aliphatic rings. The van der Waals surface area contributed by atoms with E-state index in [1.807, 2.05) is 19.1 Å². The van der Waals surface area contributed by atoms with Crippen molar-refractivity contribution in [3.05, 3.63) is 52.3 Å². The van der Waals surface area contributed by atoms with Gasteiger partial charge in [0.2, 0.25) is 0 Å². The molecule has 4 heterocycles. The van der Waals surface area contributed by atoms with Gasteiger partial charge in [-0.2, -0.15) is 5.26 Å². The normalized spacial score (nSPS) is 20.4. The van der Waals surface area contributed by atoms with Gasteiger partial charge in [0.1, 0.15) is 21.3 Å². The number of rotatable bonds is 8. The molecule has 42 heavy (non-hydrogen) atoms. The van der Waals surface area contributed by atoms with E-state index in [9.17, 15) is 19.6 Å². The lowest BCUT2D eigenvalue weighted by Crippen LogP contribution is -2.56. The summed E-state index contributed by atoms with van der Waals surface area (Å²) in [6.07, 6.45) is 9.87. The number of aryl methyl sites for hydroxylation is 1. The van der Waals surface area contributed by atoms with Gasteiger partial charge in [0.05, 0.1) is 40.7 Å². The van der Waals surface area contributed by atoms with Gasteiger partial charge in [-0.3, -0.25) is 24.4 Å². The summed E-state index contributed by atoms with van der Waals surface area (Å²) in [6.45, 7) is 6.23. The van der Waals surface area contributed by atoms with Crippen LogP contribution in [0.15, 0.2) is 36.2 Å². The van der Waals surface area contributed by atoms with Gasteiger partial charge in [-0.05, 0) is 75.0 Å². The highest BCUT2D eigenvalue weighted by Gasteiger charge is 2.45. The summed E-state index contributed by atoms with van der Waals surface area (Å²) in [6, 6.07) is 4.60. The molecule has 1 aliphatic heterocycles. The van der Waals surface area contributed by atoms with Crippen LogP contribution < -0.4 is 20.9 Å². The fourth-order valence-corrected chi connectivity index (χ4v) is 7.13. The summed E-state index contributed by atoms with van der Waals surface area (Å²) in [4.78, 5) is 53.8. The van der Waals surface area contributed by atoms with Gasteiger partial charge < -0.3 is 11.1 Å². The van der Waals surface area contributed by atoms with Gasteiger partial charge in [-0.25, -0.2) is 9.78 Å². The summed E-state index contributed by atoms with van der Waals surface area (Å²) < 4.78 is 0. The van der Waals surface area contributed by atoms with Crippen molar-refractivity contribution in [3.63, 3.8) is 0 Å². The largest absolute Gasteiger partial charge is 0.365 e. The Balaban J connectivity index is 1.45. The van der Waals surface area contributed by atoms with Crippen molar-refractivity contribution in [2.75, 3.05) is 9.80 Å². The summed E-state index contributed by atoms with van der Waals surface area (Å²) in [5.41, 5.74) is 9.49. The number of amides is 4. The number of primary amides is 1. The van der Waals surface area contributed by atoms with Crippen LogP contribution in [0.5, 0.6) is 0 Å². The van der Waals surface area contributed by atoms with Crippen LogP contribution in [0.3, 0.4) is 0 Å². The van der Waals surface area contributed by atoms with Crippen molar-refractivity contribution in [1.82, 2.24) is 15.3 Å². The zero-order chi connectivity index (χ0) is 29.7. The maximum atomic E-state index is 14.7. The average molecular weight is 584 g/mol. The highest BCUT2D eigenvalue weighted by Crippen LogP contribution is 2.50. The number of carbonyl (C=O) groups is 3. The van der Waals surface area contributed by atoms with Gasteiger partial charge in [0.25, 0.3) is 11.8 Å². The second-order valence-corrected chi connectivity index (χ2v) is 12.8. The van der Waals surface area contributed by atoms with Crippen LogP contribution in [0.4, 0.5) is 21.9 Å². The zero-order valence-corrected chi connectivity index (χ0v) is 24.7. The minimum atomic E-state index is -0.640. The Morgan fingerprint density at radius 2 is 2.02 bits per heavy atom. The number of hydrogen-bond acceptors (Lipinski definition) is 7. The minimum absolute atomic E-state index is 0.100. The van der Waals surface area contributed by atoms with E-state index >= 15 is 0 Å². The molecule has 2 aliphatic carbocycles.